The number of benzene rings is 5. The number of hydrogen-bond acceptors (Lipinski definition) is 8. The second kappa shape index (κ2) is 13.6. The molecule has 2 saturated heterocycles. The van der Waals surface area contributed by atoms with Crippen LogP contribution in [0, 0.1) is 0 Å². The van der Waals surface area contributed by atoms with E-state index in [1.54, 1.807) is 0 Å². The average Bonchev–Trinajstić information content (AvgIpc) is 3.67. The Morgan fingerprint density at radius 2 is 0.936 bits per heavy atom. The van der Waals surface area contributed by atoms with E-state index in [4.69, 9.17) is 34.1 Å². The van der Waals surface area contributed by atoms with Gasteiger partial charge in [0.2, 0.25) is 0 Å². The summed E-state index contributed by atoms with van der Waals surface area (Å²) in [6, 6.07) is 48.6. The molecule has 0 saturated carbocycles. The first-order valence-corrected chi connectivity index (χ1v) is 22.4. The van der Waals surface area contributed by atoms with E-state index in [0.29, 0.717) is 17.2 Å². The molecular formula is C35H39ClN3O5P3. The van der Waals surface area contributed by atoms with Crippen LogP contribution in [-0.2, 0) is 0 Å². The summed E-state index contributed by atoms with van der Waals surface area (Å²) in [5.41, 5.74) is 0. The molecule has 0 amide bonds. The summed E-state index contributed by atoms with van der Waals surface area (Å²) in [4.78, 5) is 3.73. The van der Waals surface area contributed by atoms with Gasteiger partial charge in [0.25, 0.3) is 0 Å². The molecule has 8 nitrogen and oxygen atoms in total. The van der Waals surface area contributed by atoms with Crippen molar-refractivity contribution in [3.63, 3.8) is 0 Å². The quantitative estimate of drug-likeness (QED) is 0.139. The van der Waals surface area contributed by atoms with Gasteiger partial charge in [-0.2, -0.15) is 0 Å². The van der Waals surface area contributed by atoms with Gasteiger partial charge in [-0.3, -0.25) is 0 Å². The summed E-state index contributed by atoms with van der Waals surface area (Å²) in [7, 11) is -8.39. The molecule has 12 heteroatoms. The van der Waals surface area contributed by atoms with Crippen molar-refractivity contribution in [2.24, 2.45) is 0 Å². The molecule has 2 aliphatic heterocycles. The molecule has 2 aliphatic rings. The minimum atomic E-state index is -3.69. The number of hydrogen-bond donors (Lipinski definition) is 2. The van der Waals surface area contributed by atoms with E-state index < -0.39 is 22.7 Å². The molecule has 2 heterocycles. The third kappa shape index (κ3) is 6.79. The Bertz CT molecular complexity index is 1710. The molecule has 0 spiro atoms. The molecular weight excluding hydrogens is 671 g/mol. The van der Waals surface area contributed by atoms with E-state index in [1.807, 2.05) is 152 Å². The molecule has 0 bridgehead atoms. The standard InChI is InChI=1S/C35H39ClN3O5P3/c1-28-39(2)45(41-30-20-10-4-11-21-30)34(35(45)40-29-18-8-3-9-19-29)37-47(36,44-33-26-16-7-17-27-33)38-46(28,42-31-22-12-5-13-23-31)43-32-24-14-6-15-25-32/h3-28,34-35,37-38,45-47H,1-2H3. The van der Waals surface area contributed by atoms with E-state index >= 15 is 0 Å². The monoisotopic (exact) mass is 709 g/mol. The van der Waals surface area contributed by atoms with Crippen molar-refractivity contribution in [3.05, 3.63) is 152 Å². The van der Waals surface area contributed by atoms with E-state index in [0.717, 1.165) is 11.5 Å². The predicted molar refractivity (Wildman–Crippen MR) is 197 cm³/mol. The molecule has 5 aromatic rings. The molecule has 2 fully saturated rings. The van der Waals surface area contributed by atoms with Crippen LogP contribution in [0.25, 0.3) is 0 Å². The van der Waals surface area contributed by atoms with Crippen LogP contribution in [0.15, 0.2) is 152 Å². The first-order valence-electron chi connectivity index (χ1n) is 15.6. The maximum absolute atomic E-state index is 7.73. The van der Waals surface area contributed by atoms with Gasteiger partial charge in [-0.1, -0.05) is 0 Å². The second-order valence-corrected chi connectivity index (χ2v) is 22.0. The Labute approximate surface area is 282 Å². The Morgan fingerprint density at radius 3 is 1.38 bits per heavy atom. The number of fused-ring (bicyclic) bond motifs is 1. The van der Waals surface area contributed by atoms with Gasteiger partial charge in [-0.15, -0.1) is 0 Å². The van der Waals surface area contributed by atoms with Crippen molar-refractivity contribution in [2.45, 2.75) is 24.3 Å². The number of para-hydroxylation sites is 5. The van der Waals surface area contributed by atoms with E-state index in [-0.39, 0.29) is 17.4 Å². The van der Waals surface area contributed by atoms with Crippen LogP contribution in [-0.4, -0.2) is 29.1 Å². The van der Waals surface area contributed by atoms with Gasteiger partial charge in [0, 0.05) is 0 Å². The maximum atomic E-state index is 7.73. The average molecular weight is 710 g/mol. The zero-order chi connectivity index (χ0) is 32.3. The number of ether oxygens (including phenoxy) is 1. The van der Waals surface area contributed by atoms with Gasteiger partial charge >= 0.3 is 283 Å². The normalized spacial score (nSPS) is 24.4. The SMILES string of the molecule is CC1N(C)[PH]2(Oc3ccccc3)C(N[PH](Cl)(Oc3ccccc3)N[PH]1(Oc1ccccc1)Oc1ccccc1)C2Oc1ccccc1. The van der Waals surface area contributed by atoms with Gasteiger partial charge in [0.05, 0.1) is 0 Å². The number of nitrogens with zero attached hydrogens (tertiary/aromatic N) is 1. The van der Waals surface area contributed by atoms with Crippen LogP contribution in [0.3, 0.4) is 0 Å². The molecule has 7 rings (SSSR count). The van der Waals surface area contributed by atoms with Crippen molar-refractivity contribution in [3.8, 4) is 28.7 Å². The van der Waals surface area contributed by atoms with E-state index in [1.165, 1.54) is 0 Å². The van der Waals surface area contributed by atoms with Gasteiger partial charge in [0.15, 0.2) is 0 Å². The first kappa shape index (κ1) is 32.1. The zero-order valence-electron chi connectivity index (χ0n) is 26.0. The molecule has 3 unspecified atom stereocenters. The summed E-state index contributed by atoms with van der Waals surface area (Å²) in [6.07, 6.45) is 0. The van der Waals surface area contributed by atoms with E-state index in [2.05, 4.69) is 28.6 Å². The van der Waals surface area contributed by atoms with Gasteiger partial charge in [-0.25, -0.2) is 0 Å². The summed E-state index contributed by atoms with van der Waals surface area (Å²) >= 11 is 7.73. The Kier molecular flexibility index (Phi) is 9.29. The van der Waals surface area contributed by atoms with Crippen LogP contribution in [0.1, 0.15) is 6.92 Å². The first-order chi connectivity index (χ1) is 22.9. The Balaban J connectivity index is 1.38. The van der Waals surface area contributed by atoms with Crippen LogP contribution >= 0.6 is 33.9 Å². The van der Waals surface area contributed by atoms with Crippen molar-refractivity contribution < 1.29 is 22.8 Å². The molecule has 3 atom stereocenters. The molecule has 5 aromatic carbocycles. The fourth-order valence-electron chi connectivity index (χ4n) is 5.99. The topological polar surface area (TPSA) is 73.5 Å². The summed E-state index contributed by atoms with van der Waals surface area (Å²) in [5, 5.41) is 3.74. The van der Waals surface area contributed by atoms with Gasteiger partial charge in [0.1, 0.15) is 0 Å². The van der Waals surface area contributed by atoms with Gasteiger partial charge in [-0.05, 0) is 0 Å². The fraction of sp³-hybridized carbons (Fsp3) is 0.143. The summed E-state index contributed by atoms with van der Waals surface area (Å²) < 4.78 is 37.0. The van der Waals surface area contributed by atoms with Crippen molar-refractivity contribution in [2.75, 3.05) is 7.05 Å². The molecule has 246 valence electrons. The van der Waals surface area contributed by atoms with Crippen LogP contribution in [0.5, 0.6) is 28.7 Å². The molecule has 0 radical (unpaired) electrons. The molecule has 2 N–H and O–H groups in total. The summed E-state index contributed by atoms with van der Waals surface area (Å²) in [5.74, 6) is 2.47. The molecule has 0 aliphatic carbocycles. The Hall–Kier alpha value is -3.44. The zero-order valence-corrected chi connectivity index (χ0v) is 29.8. The summed E-state index contributed by atoms with van der Waals surface area (Å²) in [6.45, 7) is 2.11. The molecule has 0 aromatic heterocycles. The number of rotatable bonds is 10. The predicted octanol–water partition coefficient (Wildman–Crippen LogP) is 9.24. The minimum absolute atomic E-state index is 0.267. The van der Waals surface area contributed by atoms with Gasteiger partial charge < -0.3 is 0 Å². The fourth-order valence-corrected chi connectivity index (χ4v) is 21.1. The second-order valence-electron chi connectivity index (χ2n) is 11.6. The van der Waals surface area contributed by atoms with Crippen LogP contribution in [0.4, 0.5) is 0 Å². The van der Waals surface area contributed by atoms with Crippen molar-refractivity contribution in [1.29, 1.82) is 0 Å². The van der Waals surface area contributed by atoms with Crippen LogP contribution in [0.2, 0.25) is 0 Å². The van der Waals surface area contributed by atoms with Crippen molar-refractivity contribution in [1.82, 2.24) is 14.6 Å². The number of halogens is 1. The third-order valence-corrected chi connectivity index (χ3v) is 21.1. The third-order valence-electron chi connectivity index (χ3n) is 8.46. The van der Waals surface area contributed by atoms with Crippen molar-refractivity contribution >= 4 is 33.9 Å². The van der Waals surface area contributed by atoms with E-state index in [9.17, 15) is 0 Å². The Morgan fingerprint density at radius 1 is 0.553 bits per heavy atom. The molecule has 47 heavy (non-hydrogen) atoms. The number of nitrogens with one attached hydrogen (secondary N) is 2. The van der Waals surface area contributed by atoms with Crippen LogP contribution < -0.4 is 32.8 Å².